The van der Waals surface area contributed by atoms with E-state index in [0.29, 0.717) is 36.7 Å². The van der Waals surface area contributed by atoms with Gasteiger partial charge in [0.1, 0.15) is 5.76 Å². The first-order valence-electron chi connectivity index (χ1n) is 9.17. The molecular formula is C20H22ClN3O3. The summed E-state index contributed by atoms with van der Waals surface area (Å²) in [6, 6.07) is 7.52. The molecule has 2 atom stereocenters. The van der Waals surface area contributed by atoms with Crippen molar-refractivity contribution in [1.82, 2.24) is 15.4 Å². The van der Waals surface area contributed by atoms with Gasteiger partial charge in [-0.1, -0.05) is 35.0 Å². The first-order chi connectivity index (χ1) is 12.9. The van der Waals surface area contributed by atoms with Gasteiger partial charge in [0, 0.05) is 36.1 Å². The molecule has 142 valence electrons. The fourth-order valence-electron chi connectivity index (χ4n) is 4.40. The van der Waals surface area contributed by atoms with Crippen molar-refractivity contribution in [2.75, 3.05) is 6.54 Å². The quantitative estimate of drug-likeness (QED) is 0.875. The molecule has 0 saturated carbocycles. The second kappa shape index (κ2) is 6.68. The van der Waals surface area contributed by atoms with Crippen LogP contribution in [-0.2, 0) is 21.5 Å². The summed E-state index contributed by atoms with van der Waals surface area (Å²) in [6.45, 7) is 4.39. The van der Waals surface area contributed by atoms with Crippen LogP contribution in [0.25, 0.3) is 0 Å². The summed E-state index contributed by atoms with van der Waals surface area (Å²) >= 11 is 6.47. The zero-order chi connectivity index (χ0) is 19.2. The van der Waals surface area contributed by atoms with Crippen LogP contribution in [0.3, 0.4) is 0 Å². The molecule has 2 amide bonds. The van der Waals surface area contributed by atoms with E-state index in [0.717, 1.165) is 23.2 Å². The summed E-state index contributed by atoms with van der Waals surface area (Å²) < 4.78 is 5.18. The molecule has 2 aromatic rings. The molecular weight excluding hydrogens is 366 g/mol. The first kappa shape index (κ1) is 18.0. The van der Waals surface area contributed by atoms with Gasteiger partial charge in [-0.15, -0.1) is 0 Å². The van der Waals surface area contributed by atoms with Gasteiger partial charge in [-0.3, -0.25) is 9.59 Å². The minimum Gasteiger partial charge on any atom is -0.361 e. The lowest BCUT2D eigenvalue weighted by atomic mass is 9.76. The zero-order valence-corrected chi connectivity index (χ0v) is 16.2. The molecule has 7 heteroatoms. The third-order valence-electron chi connectivity index (χ3n) is 5.91. The monoisotopic (exact) mass is 387 g/mol. The molecule has 1 N–H and O–H groups in total. The summed E-state index contributed by atoms with van der Waals surface area (Å²) in [5.41, 5.74) is 1.59. The minimum absolute atomic E-state index is 0.0959. The molecule has 1 aromatic heterocycles. The normalized spacial score (nSPS) is 24.3. The van der Waals surface area contributed by atoms with E-state index in [-0.39, 0.29) is 17.9 Å². The van der Waals surface area contributed by atoms with E-state index in [1.165, 1.54) is 0 Å². The average Bonchev–Trinajstić information content (AvgIpc) is 3.29. The number of carbonyl (C=O) groups is 2. The second-order valence-corrected chi connectivity index (χ2v) is 7.87. The number of fused-ring (bicyclic) bond motifs is 1. The molecule has 0 radical (unpaired) electrons. The lowest BCUT2D eigenvalue weighted by Crippen LogP contribution is -2.47. The van der Waals surface area contributed by atoms with Crippen molar-refractivity contribution in [3.05, 3.63) is 51.9 Å². The number of aromatic nitrogens is 1. The number of hydrogen-bond acceptors (Lipinski definition) is 4. The number of rotatable bonds is 4. The Morgan fingerprint density at radius 3 is 2.85 bits per heavy atom. The van der Waals surface area contributed by atoms with Crippen molar-refractivity contribution in [1.29, 1.82) is 0 Å². The molecule has 2 fully saturated rings. The van der Waals surface area contributed by atoms with Crippen molar-refractivity contribution in [2.45, 2.75) is 51.1 Å². The standard InChI is InChI=1S/C20H22ClN3O3/c1-12-15(13(2)27-23-12)10-22-19(26)20(16-5-3-4-6-17(16)21)9-14-7-8-18(25)24(14)11-20/h3-6,14H,7-11H2,1-2H3,(H,22,26)/t14-,20+/m0/s1. The van der Waals surface area contributed by atoms with Gasteiger partial charge in [0.05, 0.1) is 11.1 Å². The summed E-state index contributed by atoms with van der Waals surface area (Å²) in [7, 11) is 0. The third-order valence-corrected chi connectivity index (χ3v) is 6.24. The van der Waals surface area contributed by atoms with Crippen molar-refractivity contribution in [3.8, 4) is 0 Å². The number of carbonyl (C=O) groups excluding carboxylic acids is 2. The molecule has 0 bridgehead atoms. The number of nitrogens with one attached hydrogen (secondary N) is 1. The topological polar surface area (TPSA) is 75.4 Å². The average molecular weight is 388 g/mol. The van der Waals surface area contributed by atoms with E-state index >= 15 is 0 Å². The molecule has 0 spiro atoms. The van der Waals surface area contributed by atoms with Crippen molar-refractivity contribution >= 4 is 23.4 Å². The number of hydrogen-bond donors (Lipinski definition) is 1. The second-order valence-electron chi connectivity index (χ2n) is 7.47. The molecule has 2 aliphatic heterocycles. The Balaban J connectivity index is 1.66. The predicted octanol–water partition coefficient (Wildman–Crippen LogP) is 2.89. The predicted molar refractivity (Wildman–Crippen MR) is 100 cm³/mol. The fourth-order valence-corrected chi connectivity index (χ4v) is 4.72. The van der Waals surface area contributed by atoms with E-state index in [1.807, 2.05) is 36.9 Å². The Labute approximate surface area is 162 Å². The van der Waals surface area contributed by atoms with Crippen LogP contribution >= 0.6 is 11.6 Å². The lowest BCUT2D eigenvalue weighted by molar-refractivity contribution is -0.129. The fraction of sp³-hybridized carbons (Fsp3) is 0.450. The van der Waals surface area contributed by atoms with E-state index in [2.05, 4.69) is 10.5 Å². The van der Waals surface area contributed by atoms with E-state index in [4.69, 9.17) is 16.1 Å². The van der Waals surface area contributed by atoms with Gasteiger partial charge >= 0.3 is 0 Å². The Morgan fingerprint density at radius 1 is 1.41 bits per heavy atom. The summed E-state index contributed by atoms with van der Waals surface area (Å²) in [5.74, 6) is 0.701. The Kier molecular flexibility index (Phi) is 4.46. The van der Waals surface area contributed by atoms with Crippen molar-refractivity contribution in [3.63, 3.8) is 0 Å². The molecule has 6 nitrogen and oxygen atoms in total. The van der Waals surface area contributed by atoms with Gasteiger partial charge in [-0.2, -0.15) is 0 Å². The van der Waals surface area contributed by atoms with Crippen LogP contribution in [0.1, 0.15) is 41.8 Å². The molecule has 2 aliphatic rings. The summed E-state index contributed by atoms with van der Waals surface area (Å²) in [5, 5.41) is 7.54. The van der Waals surface area contributed by atoms with Crippen molar-refractivity contribution < 1.29 is 14.1 Å². The zero-order valence-electron chi connectivity index (χ0n) is 15.4. The Morgan fingerprint density at radius 2 is 2.19 bits per heavy atom. The molecule has 2 saturated heterocycles. The maximum Gasteiger partial charge on any atom is 0.232 e. The highest BCUT2D eigenvalue weighted by Crippen LogP contribution is 2.45. The van der Waals surface area contributed by atoms with Gasteiger partial charge in [0.2, 0.25) is 11.8 Å². The lowest BCUT2D eigenvalue weighted by Gasteiger charge is -2.29. The van der Waals surface area contributed by atoms with Gasteiger partial charge in [-0.05, 0) is 38.3 Å². The molecule has 27 heavy (non-hydrogen) atoms. The molecule has 3 heterocycles. The van der Waals surface area contributed by atoms with Gasteiger partial charge in [0.25, 0.3) is 0 Å². The number of halogens is 1. The summed E-state index contributed by atoms with van der Waals surface area (Å²) in [4.78, 5) is 27.5. The summed E-state index contributed by atoms with van der Waals surface area (Å²) in [6.07, 6.45) is 1.95. The molecule has 4 rings (SSSR count). The van der Waals surface area contributed by atoms with Gasteiger partial charge in [0.15, 0.2) is 0 Å². The Hall–Kier alpha value is -2.34. The maximum absolute atomic E-state index is 13.4. The van der Waals surface area contributed by atoms with E-state index < -0.39 is 5.41 Å². The SMILES string of the molecule is Cc1noc(C)c1CNC(=O)[C@]1(c2ccccc2Cl)C[C@@H]2CCC(=O)N2C1. The van der Waals surface area contributed by atoms with Crippen LogP contribution in [0.15, 0.2) is 28.8 Å². The number of nitrogens with zero attached hydrogens (tertiary/aromatic N) is 2. The number of benzene rings is 1. The Bertz CT molecular complexity index is 890. The molecule has 1 aromatic carbocycles. The smallest absolute Gasteiger partial charge is 0.232 e. The third kappa shape index (κ3) is 2.92. The van der Waals surface area contributed by atoms with Crippen LogP contribution in [0.2, 0.25) is 5.02 Å². The number of amides is 2. The molecule has 0 aliphatic carbocycles. The van der Waals surface area contributed by atoms with Crippen LogP contribution in [-0.4, -0.2) is 34.5 Å². The van der Waals surface area contributed by atoms with E-state index in [1.54, 1.807) is 6.07 Å². The number of aryl methyl sites for hydroxylation is 2. The van der Waals surface area contributed by atoms with Gasteiger partial charge < -0.3 is 14.7 Å². The van der Waals surface area contributed by atoms with Crippen LogP contribution in [0, 0.1) is 13.8 Å². The highest BCUT2D eigenvalue weighted by atomic mass is 35.5. The minimum atomic E-state index is -0.835. The van der Waals surface area contributed by atoms with Crippen LogP contribution in [0.5, 0.6) is 0 Å². The van der Waals surface area contributed by atoms with Crippen LogP contribution < -0.4 is 5.32 Å². The molecule has 0 unspecified atom stereocenters. The first-order valence-corrected chi connectivity index (χ1v) is 9.55. The van der Waals surface area contributed by atoms with Crippen molar-refractivity contribution in [2.24, 2.45) is 0 Å². The highest BCUT2D eigenvalue weighted by Gasteiger charge is 2.54. The van der Waals surface area contributed by atoms with Crippen LogP contribution in [0.4, 0.5) is 0 Å². The van der Waals surface area contributed by atoms with E-state index in [9.17, 15) is 9.59 Å². The van der Waals surface area contributed by atoms with Gasteiger partial charge in [-0.25, -0.2) is 0 Å². The largest absolute Gasteiger partial charge is 0.361 e. The maximum atomic E-state index is 13.4. The highest BCUT2D eigenvalue weighted by molar-refractivity contribution is 6.31.